The van der Waals surface area contributed by atoms with Gasteiger partial charge in [0.1, 0.15) is 5.75 Å². The molecule has 4 N–H and O–H groups in total. The lowest BCUT2D eigenvalue weighted by molar-refractivity contribution is 0.416. The normalized spacial score (nSPS) is 10.0. The Labute approximate surface area is 88.4 Å². The van der Waals surface area contributed by atoms with E-state index >= 15 is 0 Å². The van der Waals surface area contributed by atoms with Gasteiger partial charge in [-0.2, -0.15) is 0 Å². The van der Waals surface area contributed by atoms with Crippen molar-refractivity contribution in [2.45, 2.75) is 6.92 Å². The van der Waals surface area contributed by atoms with E-state index in [1.165, 1.54) is 0 Å². The number of aryl methyl sites for hydroxylation is 1. The molecule has 0 aliphatic carbocycles. The highest BCUT2D eigenvalue weighted by molar-refractivity contribution is 6.31. The van der Waals surface area contributed by atoms with Crippen LogP contribution in [0.5, 0.6) is 5.75 Å². The third-order valence-corrected chi connectivity index (χ3v) is 2.27. The molecule has 0 aliphatic heterocycles. The van der Waals surface area contributed by atoms with Crippen LogP contribution in [0.3, 0.4) is 0 Å². The van der Waals surface area contributed by atoms with Crippen molar-refractivity contribution in [3.63, 3.8) is 0 Å². The van der Waals surface area contributed by atoms with E-state index in [1.54, 1.807) is 13.2 Å². The molecule has 0 amide bonds. The maximum atomic E-state index is 5.95. The SMILES string of the molecule is COc1cc(Cl)c(C)cc1NCNN. The molecule has 0 aromatic heterocycles. The lowest BCUT2D eigenvalue weighted by atomic mass is 10.2. The van der Waals surface area contributed by atoms with Gasteiger partial charge in [0.2, 0.25) is 0 Å². The van der Waals surface area contributed by atoms with Gasteiger partial charge in [-0.1, -0.05) is 11.6 Å². The van der Waals surface area contributed by atoms with Crippen LogP contribution in [0, 0.1) is 6.92 Å². The second kappa shape index (κ2) is 5.05. The van der Waals surface area contributed by atoms with Crippen LogP contribution in [0.25, 0.3) is 0 Å². The number of halogens is 1. The number of benzene rings is 1. The second-order valence-electron chi connectivity index (χ2n) is 2.86. The van der Waals surface area contributed by atoms with Gasteiger partial charge >= 0.3 is 0 Å². The van der Waals surface area contributed by atoms with Crippen molar-refractivity contribution in [2.75, 3.05) is 19.1 Å². The molecule has 0 atom stereocenters. The average molecular weight is 216 g/mol. The zero-order chi connectivity index (χ0) is 10.6. The number of ether oxygens (including phenoxy) is 1. The highest BCUT2D eigenvalue weighted by atomic mass is 35.5. The van der Waals surface area contributed by atoms with E-state index in [0.29, 0.717) is 17.4 Å². The third-order valence-electron chi connectivity index (χ3n) is 1.86. The van der Waals surface area contributed by atoms with Gasteiger partial charge in [0.25, 0.3) is 0 Å². The van der Waals surface area contributed by atoms with Crippen molar-refractivity contribution in [1.29, 1.82) is 0 Å². The highest BCUT2D eigenvalue weighted by Crippen LogP contribution is 2.30. The van der Waals surface area contributed by atoms with Crippen molar-refractivity contribution < 1.29 is 4.74 Å². The number of hydrazine groups is 1. The molecule has 0 radical (unpaired) electrons. The zero-order valence-electron chi connectivity index (χ0n) is 8.23. The smallest absolute Gasteiger partial charge is 0.143 e. The lowest BCUT2D eigenvalue weighted by Crippen LogP contribution is -2.28. The number of nitrogens with one attached hydrogen (secondary N) is 2. The van der Waals surface area contributed by atoms with E-state index in [9.17, 15) is 0 Å². The van der Waals surface area contributed by atoms with Gasteiger partial charge in [0.05, 0.1) is 19.5 Å². The molecular formula is C9H14ClN3O. The summed E-state index contributed by atoms with van der Waals surface area (Å²) in [6, 6.07) is 3.69. The van der Waals surface area contributed by atoms with Gasteiger partial charge in [0, 0.05) is 11.1 Å². The largest absolute Gasteiger partial charge is 0.495 e. The Hall–Kier alpha value is -0.970. The molecule has 78 valence electrons. The molecule has 0 bridgehead atoms. The number of hydrogen-bond acceptors (Lipinski definition) is 4. The summed E-state index contributed by atoms with van der Waals surface area (Å²) >= 11 is 5.95. The lowest BCUT2D eigenvalue weighted by Gasteiger charge is -2.12. The standard InChI is InChI=1S/C9H14ClN3O/c1-6-3-8(12-5-13-11)9(14-2)4-7(6)10/h3-4,12-13H,5,11H2,1-2H3. The first-order valence-corrected chi connectivity index (χ1v) is 4.58. The monoisotopic (exact) mass is 215 g/mol. The molecule has 0 saturated heterocycles. The minimum atomic E-state index is 0.470. The number of rotatable bonds is 4. The third kappa shape index (κ3) is 2.51. The van der Waals surface area contributed by atoms with Gasteiger partial charge < -0.3 is 10.1 Å². The van der Waals surface area contributed by atoms with Crippen LogP contribution in [0.2, 0.25) is 5.02 Å². The Morgan fingerprint density at radius 1 is 1.50 bits per heavy atom. The fraction of sp³-hybridized carbons (Fsp3) is 0.333. The summed E-state index contributed by atoms with van der Waals surface area (Å²) < 4.78 is 5.16. The summed E-state index contributed by atoms with van der Waals surface area (Å²) in [6.07, 6.45) is 0. The fourth-order valence-corrected chi connectivity index (χ4v) is 1.27. The van der Waals surface area contributed by atoms with Crippen LogP contribution in [0.1, 0.15) is 5.56 Å². The minimum Gasteiger partial charge on any atom is -0.495 e. The summed E-state index contributed by atoms with van der Waals surface area (Å²) in [4.78, 5) is 0. The fourth-order valence-electron chi connectivity index (χ4n) is 1.12. The molecular weight excluding hydrogens is 202 g/mol. The Morgan fingerprint density at radius 3 is 2.79 bits per heavy atom. The molecule has 14 heavy (non-hydrogen) atoms. The molecule has 0 unspecified atom stereocenters. The van der Waals surface area contributed by atoms with Gasteiger partial charge in [-0.15, -0.1) is 0 Å². The molecule has 4 nitrogen and oxygen atoms in total. The van der Waals surface area contributed by atoms with E-state index in [-0.39, 0.29) is 0 Å². The number of anilines is 1. The average Bonchev–Trinajstić information content (AvgIpc) is 2.19. The van der Waals surface area contributed by atoms with E-state index < -0.39 is 0 Å². The predicted molar refractivity (Wildman–Crippen MR) is 58.6 cm³/mol. The molecule has 1 aromatic carbocycles. The number of hydrogen-bond donors (Lipinski definition) is 3. The molecule has 0 heterocycles. The van der Waals surface area contributed by atoms with Crippen molar-refractivity contribution in [3.8, 4) is 5.75 Å². The second-order valence-corrected chi connectivity index (χ2v) is 3.27. The van der Waals surface area contributed by atoms with E-state index in [4.69, 9.17) is 22.2 Å². The predicted octanol–water partition coefficient (Wildman–Crippen LogP) is 1.49. The zero-order valence-corrected chi connectivity index (χ0v) is 8.98. The summed E-state index contributed by atoms with van der Waals surface area (Å²) in [5.74, 6) is 5.86. The summed E-state index contributed by atoms with van der Waals surface area (Å²) in [7, 11) is 1.60. The number of nitrogens with two attached hydrogens (primary N) is 1. The Kier molecular flexibility index (Phi) is 4.00. The Balaban J connectivity index is 2.95. The van der Waals surface area contributed by atoms with Crippen molar-refractivity contribution in [1.82, 2.24) is 5.43 Å². The van der Waals surface area contributed by atoms with Crippen molar-refractivity contribution >= 4 is 17.3 Å². The topological polar surface area (TPSA) is 59.3 Å². The molecule has 0 spiro atoms. The summed E-state index contributed by atoms with van der Waals surface area (Å²) in [5, 5.41) is 3.75. The maximum Gasteiger partial charge on any atom is 0.143 e. The number of methoxy groups -OCH3 is 1. The minimum absolute atomic E-state index is 0.470. The van der Waals surface area contributed by atoms with E-state index in [2.05, 4.69) is 10.7 Å². The van der Waals surface area contributed by atoms with Crippen LogP contribution < -0.4 is 21.3 Å². The molecule has 1 rings (SSSR count). The van der Waals surface area contributed by atoms with E-state index in [0.717, 1.165) is 11.3 Å². The van der Waals surface area contributed by atoms with Gasteiger partial charge in [-0.3, -0.25) is 5.84 Å². The highest BCUT2D eigenvalue weighted by Gasteiger charge is 2.05. The first kappa shape index (κ1) is 11.1. The molecule has 0 fully saturated rings. The summed E-state index contributed by atoms with van der Waals surface area (Å²) in [6.45, 7) is 2.40. The molecule has 0 aliphatic rings. The first-order chi connectivity index (χ1) is 6.69. The van der Waals surface area contributed by atoms with Crippen LogP contribution in [-0.4, -0.2) is 13.8 Å². The first-order valence-electron chi connectivity index (χ1n) is 4.20. The van der Waals surface area contributed by atoms with Crippen molar-refractivity contribution in [3.05, 3.63) is 22.7 Å². The molecule has 1 aromatic rings. The van der Waals surface area contributed by atoms with Gasteiger partial charge in [0.15, 0.2) is 0 Å². The van der Waals surface area contributed by atoms with Crippen LogP contribution in [0.4, 0.5) is 5.69 Å². The van der Waals surface area contributed by atoms with E-state index in [1.807, 2.05) is 13.0 Å². The van der Waals surface area contributed by atoms with Gasteiger partial charge in [-0.05, 0) is 18.6 Å². The molecule has 5 heteroatoms. The Bertz CT molecular complexity index is 317. The quantitative estimate of drug-likeness (QED) is 0.405. The van der Waals surface area contributed by atoms with Crippen molar-refractivity contribution in [2.24, 2.45) is 5.84 Å². The van der Waals surface area contributed by atoms with Crippen LogP contribution in [-0.2, 0) is 0 Å². The maximum absolute atomic E-state index is 5.95. The van der Waals surface area contributed by atoms with Crippen LogP contribution >= 0.6 is 11.6 Å². The van der Waals surface area contributed by atoms with Crippen LogP contribution in [0.15, 0.2) is 12.1 Å². The molecule has 0 saturated carbocycles. The Morgan fingerprint density at radius 2 is 2.21 bits per heavy atom. The van der Waals surface area contributed by atoms with Gasteiger partial charge in [-0.25, -0.2) is 5.43 Å². The summed E-state index contributed by atoms with van der Waals surface area (Å²) in [5.41, 5.74) is 4.36.